The maximum Gasteiger partial charge on any atom is 0.303 e. The summed E-state index contributed by atoms with van der Waals surface area (Å²) >= 11 is 0. The average Bonchev–Trinajstić information content (AvgIpc) is 2.90. The summed E-state index contributed by atoms with van der Waals surface area (Å²) in [6.07, 6.45) is 0.271. The normalized spacial score (nSPS) is 11.9. The van der Waals surface area contributed by atoms with E-state index in [-0.39, 0.29) is 18.2 Å². The van der Waals surface area contributed by atoms with Crippen molar-refractivity contribution in [2.24, 2.45) is 0 Å². The molecule has 1 atom stereocenters. The van der Waals surface area contributed by atoms with Crippen LogP contribution in [-0.2, 0) is 4.79 Å². The van der Waals surface area contributed by atoms with Crippen molar-refractivity contribution in [3.05, 3.63) is 53.4 Å². The molecule has 0 radical (unpaired) electrons. The fourth-order valence-corrected chi connectivity index (χ4v) is 1.98. The van der Waals surface area contributed by atoms with Crippen molar-refractivity contribution in [2.45, 2.75) is 25.8 Å². The SMILES string of the molecule is Cc1cc(C(=O)NC(CCC(=O)O)c2ccccc2)on1. The van der Waals surface area contributed by atoms with Gasteiger partial charge in [0, 0.05) is 12.5 Å². The topological polar surface area (TPSA) is 92.4 Å². The number of amides is 1. The Bertz CT molecular complexity index is 622. The molecule has 6 heteroatoms. The molecule has 6 nitrogen and oxygen atoms in total. The van der Waals surface area contributed by atoms with Crippen LogP contribution in [-0.4, -0.2) is 22.1 Å². The molecule has 2 N–H and O–H groups in total. The monoisotopic (exact) mass is 288 g/mol. The Balaban J connectivity index is 2.12. The van der Waals surface area contributed by atoms with E-state index in [9.17, 15) is 9.59 Å². The molecule has 0 spiro atoms. The summed E-state index contributed by atoms with van der Waals surface area (Å²) in [5.41, 5.74) is 1.46. The third kappa shape index (κ3) is 4.17. The minimum absolute atomic E-state index is 0.0325. The summed E-state index contributed by atoms with van der Waals surface area (Å²) in [5.74, 6) is -1.20. The Morgan fingerprint density at radius 2 is 2.05 bits per heavy atom. The van der Waals surface area contributed by atoms with Crippen LogP contribution in [0.25, 0.3) is 0 Å². The summed E-state index contributed by atoms with van der Waals surface area (Å²) in [6.45, 7) is 1.72. The van der Waals surface area contributed by atoms with E-state index in [4.69, 9.17) is 9.63 Å². The molecular weight excluding hydrogens is 272 g/mol. The number of hydrogen-bond donors (Lipinski definition) is 2. The second-order valence-corrected chi connectivity index (χ2v) is 4.70. The van der Waals surface area contributed by atoms with Gasteiger partial charge >= 0.3 is 5.97 Å². The predicted octanol–water partition coefficient (Wildman–Crippen LogP) is 2.32. The van der Waals surface area contributed by atoms with Gasteiger partial charge in [0.15, 0.2) is 0 Å². The van der Waals surface area contributed by atoms with Gasteiger partial charge < -0.3 is 14.9 Å². The van der Waals surface area contributed by atoms with Crippen LogP contribution in [0, 0.1) is 6.92 Å². The van der Waals surface area contributed by atoms with Crippen LogP contribution in [0.3, 0.4) is 0 Å². The number of hydrogen-bond acceptors (Lipinski definition) is 4. The van der Waals surface area contributed by atoms with Gasteiger partial charge in [-0.25, -0.2) is 0 Å². The molecule has 1 amide bonds. The molecular formula is C15H16N2O4. The lowest BCUT2D eigenvalue weighted by atomic mass is 10.0. The zero-order chi connectivity index (χ0) is 15.2. The van der Waals surface area contributed by atoms with Crippen LogP contribution in [0.1, 0.15) is 40.7 Å². The van der Waals surface area contributed by atoms with Crippen molar-refractivity contribution < 1.29 is 19.2 Å². The lowest BCUT2D eigenvalue weighted by Gasteiger charge is -2.17. The molecule has 1 aromatic heterocycles. The van der Waals surface area contributed by atoms with Gasteiger partial charge in [-0.1, -0.05) is 35.5 Å². The maximum atomic E-state index is 12.1. The fraction of sp³-hybridized carbons (Fsp3) is 0.267. The molecule has 0 fully saturated rings. The molecule has 2 rings (SSSR count). The average molecular weight is 288 g/mol. The van der Waals surface area contributed by atoms with Crippen LogP contribution in [0.15, 0.2) is 40.9 Å². The van der Waals surface area contributed by atoms with Crippen LogP contribution < -0.4 is 5.32 Å². The standard InChI is InChI=1S/C15H16N2O4/c1-10-9-13(21-17-10)15(20)16-12(7-8-14(18)19)11-5-3-2-4-6-11/h2-6,9,12H,7-8H2,1H3,(H,16,20)(H,18,19). The summed E-state index contributed by atoms with van der Waals surface area (Å²) in [5, 5.41) is 15.3. The van der Waals surface area contributed by atoms with Crippen LogP contribution in [0.2, 0.25) is 0 Å². The van der Waals surface area contributed by atoms with Gasteiger partial charge in [-0.2, -0.15) is 0 Å². The number of benzene rings is 1. The number of carbonyl (C=O) groups excluding carboxylic acids is 1. The molecule has 0 saturated carbocycles. The molecule has 1 aromatic carbocycles. The quantitative estimate of drug-likeness (QED) is 0.851. The molecule has 0 bridgehead atoms. The Hall–Kier alpha value is -2.63. The molecule has 1 unspecified atom stereocenters. The number of aryl methyl sites for hydroxylation is 1. The number of carboxylic acids is 1. The van der Waals surface area contributed by atoms with Crippen molar-refractivity contribution >= 4 is 11.9 Å². The first-order chi connectivity index (χ1) is 10.1. The van der Waals surface area contributed by atoms with Gasteiger partial charge in [0.05, 0.1) is 11.7 Å². The van der Waals surface area contributed by atoms with E-state index < -0.39 is 11.9 Å². The first-order valence-corrected chi connectivity index (χ1v) is 6.57. The third-order valence-electron chi connectivity index (χ3n) is 3.01. The Morgan fingerprint density at radius 1 is 1.33 bits per heavy atom. The highest BCUT2D eigenvalue weighted by atomic mass is 16.5. The Kier molecular flexibility index (Phi) is 4.71. The molecule has 0 aliphatic rings. The van der Waals surface area contributed by atoms with Gasteiger partial charge in [-0.15, -0.1) is 0 Å². The van der Waals surface area contributed by atoms with Gasteiger partial charge in [-0.05, 0) is 18.9 Å². The molecule has 0 aliphatic carbocycles. The first kappa shape index (κ1) is 14.8. The number of aliphatic carboxylic acids is 1. The summed E-state index contributed by atoms with van der Waals surface area (Å²) < 4.78 is 4.91. The minimum Gasteiger partial charge on any atom is -0.481 e. The van der Waals surface area contributed by atoms with Crippen LogP contribution >= 0.6 is 0 Å². The highest BCUT2D eigenvalue weighted by Gasteiger charge is 2.19. The van der Waals surface area contributed by atoms with Gasteiger partial charge in [0.1, 0.15) is 0 Å². The van der Waals surface area contributed by atoms with Crippen molar-refractivity contribution in [3.63, 3.8) is 0 Å². The Morgan fingerprint density at radius 3 is 2.62 bits per heavy atom. The maximum absolute atomic E-state index is 12.1. The Labute approximate surface area is 121 Å². The summed E-state index contributed by atoms with van der Waals surface area (Å²) in [7, 11) is 0. The van der Waals surface area contributed by atoms with Gasteiger partial charge in [0.25, 0.3) is 5.91 Å². The second-order valence-electron chi connectivity index (χ2n) is 4.70. The van der Waals surface area contributed by atoms with Crippen molar-refractivity contribution in [1.29, 1.82) is 0 Å². The number of rotatable bonds is 6. The first-order valence-electron chi connectivity index (χ1n) is 6.57. The summed E-state index contributed by atoms with van der Waals surface area (Å²) in [4.78, 5) is 22.8. The minimum atomic E-state index is -0.902. The van der Waals surface area contributed by atoms with E-state index in [1.54, 1.807) is 6.92 Å². The van der Waals surface area contributed by atoms with Crippen molar-refractivity contribution in [2.75, 3.05) is 0 Å². The molecule has 1 heterocycles. The van der Waals surface area contributed by atoms with E-state index >= 15 is 0 Å². The molecule has 21 heavy (non-hydrogen) atoms. The zero-order valence-electron chi connectivity index (χ0n) is 11.6. The highest BCUT2D eigenvalue weighted by molar-refractivity contribution is 5.91. The van der Waals surface area contributed by atoms with E-state index in [0.717, 1.165) is 5.56 Å². The number of aromatic nitrogens is 1. The highest BCUT2D eigenvalue weighted by Crippen LogP contribution is 2.19. The van der Waals surface area contributed by atoms with Crippen molar-refractivity contribution in [1.82, 2.24) is 10.5 Å². The molecule has 2 aromatic rings. The van der Waals surface area contributed by atoms with Gasteiger partial charge in [0.2, 0.25) is 5.76 Å². The lowest BCUT2D eigenvalue weighted by molar-refractivity contribution is -0.137. The number of carbonyl (C=O) groups is 2. The molecule has 0 saturated heterocycles. The number of nitrogens with one attached hydrogen (secondary N) is 1. The van der Waals surface area contributed by atoms with E-state index in [1.807, 2.05) is 30.3 Å². The van der Waals surface area contributed by atoms with Crippen molar-refractivity contribution in [3.8, 4) is 0 Å². The largest absolute Gasteiger partial charge is 0.481 e. The second kappa shape index (κ2) is 6.69. The zero-order valence-corrected chi connectivity index (χ0v) is 11.6. The van der Waals surface area contributed by atoms with Gasteiger partial charge in [-0.3, -0.25) is 9.59 Å². The lowest BCUT2D eigenvalue weighted by Crippen LogP contribution is -2.28. The van der Waals surface area contributed by atoms with E-state index in [2.05, 4.69) is 10.5 Å². The number of carboxylic acid groups (broad SMARTS) is 1. The summed E-state index contributed by atoms with van der Waals surface area (Å²) in [6, 6.07) is 10.4. The smallest absolute Gasteiger partial charge is 0.303 e. The van der Waals surface area contributed by atoms with E-state index in [1.165, 1.54) is 6.07 Å². The van der Waals surface area contributed by atoms with Crippen LogP contribution in [0.4, 0.5) is 0 Å². The molecule has 110 valence electrons. The van der Waals surface area contributed by atoms with E-state index in [0.29, 0.717) is 12.1 Å². The number of nitrogens with zero attached hydrogens (tertiary/aromatic N) is 1. The fourth-order valence-electron chi connectivity index (χ4n) is 1.98. The third-order valence-corrected chi connectivity index (χ3v) is 3.01. The predicted molar refractivity (Wildman–Crippen MR) is 74.8 cm³/mol. The molecule has 0 aliphatic heterocycles. The van der Waals surface area contributed by atoms with Crippen LogP contribution in [0.5, 0.6) is 0 Å².